The molecule has 0 unspecified atom stereocenters. The van der Waals surface area contributed by atoms with Crippen molar-refractivity contribution in [3.8, 4) is 22.3 Å². The highest BCUT2D eigenvalue weighted by Gasteiger charge is 2.30. The van der Waals surface area contributed by atoms with Crippen molar-refractivity contribution in [3.63, 3.8) is 0 Å². The van der Waals surface area contributed by atoms with E-state index in [1.54, 1.807) is 12.1 Å². The van der Waals surface area contributed by atoms with Crippen molar-refractivity contribution in [3.05, 3.63) is 119 Å². The van der Waals surface area contributed by atoms with Crippen molar-refractivity contribution in [2.45, 2.75) is 18.4 Å². The third kappa shape index (κ3) is 4.83. The van der Waals surface area contributed by atoms with Gasteiger partial charge in [0.25, 0.3) is 0 Å². The van der Waals surface area contributed by atoms with Crippen molar-refractivity contribution in [2.24, 2.45) is 0 Å². The predicted molar refractivity (Wildman–Crippen MR) is 140 cm³/mol. The Morgan fingerprint density at radius 3 is 1.97 bits per heavy atom. The van der Waals surface area contributed by atoms with Gasteiger partial charge in [0.15, 0.2) is 0 Å². The van der Waals surface area contributed by atoms with Gasteiger partial charge in [0.05, 0.1) is 0 Å². The Bertz CT molecular complexity index is 1370. The zero-order valence-corrected chi connectivity index (χ0v) is 20.1. The summed E-state index contributed by atoms with van der Waals surface area (Å²) < 4.78 is 5.56. The molecule has 180 valence electrons. The molecule has 0 radical (unpaired) electrons. The van der Waals surface area contributed by atoms with Crippen molar-refractivity contribution < 1.29 is 19.4 Å². The predicted octanol–water partition coefficient (Wildman–Crippen LogP) is 6.54. The van der Waals surface area contributed by atoms with E-state index in [2.05, 4.69) is 17.4 Å². The second-order valence-electron chi connectivity index (χ2n) is 8.73. The number of hydrogen-bond acceptors (Lipinski definition) is 3. The summed E-state index contributed by atoms with van der Waals surface area (Å²) in [6, 6.07) is 29.8. The van der Waals surface area contributed by atoms with Crippen LogP contribution in [0.3, 0.4) is 0 Å². The summed E-state index contributed by atoms with van der Waals surface area (Å²) in [5.74, 6) is -1.23. The van der Waals surface area contributed by atoms with Gasteiger partial charge in [-0.25, -0.2) is 9.59 Å². The third-order valence-corrected chi connectivity index (χ3v) is 6.78. The number of ether oxygens (including phenoxy) is 1. The number of fused-ring (bicyclic) bond motifs is 3. The number of carbonyl (C=O) groups is 2. The Morgan fingerprint density at radius 2 is 1.36 bits per heavy atom. The summed E-state index contributed by atoms with van der Waals surface area (Å²) >= 11 is 6.02. The van der Waals surface area contributed by atoms with Crippen molar-refractivity contribution >= 4 is 23.7 Å². The second-order valence-corrected chi connectivity index (χ2v) is 9.17. The van der Waals surface area contributed by atoms with Gasteiger partial charge < -0.3 is 15.2 Å². The van der Waals surface area contributed by atoms with E-state index in [1.165, 1.54) is 0 Å². The molecule has 5 nitrogen and oxygen atoms in total. The van der Waals surface area contributed by atoms with Crippen LogP contribution in [0.2, 0.25) is 5.02 Å². The van der Waals surface area contributed by atoms with Crippen LogP contribution in [0, 0.1) is 0 Å². The van der Waals surface area contributed by atoms with Crippen LogP contribution in [0.4, 0.5) is 4.79 Å². The molecule has 1 aliphatic rings. The van der Waals surface area contributed by atoms with Gasteiger partial charge in [0.1, 0.15) is 12.6 Å². The Hall–Kier alpha value is -4.09. The van der Waals surface area contributed by atoms with Gasteiger partial charge in [-0.2, -0.15) is 0 Å². The lowest BCUT2D eigenvalue weighted by Crippen LogP contribution is -2.43. The molecule has 2 N–H and O–H groups in total. The highest BCUT2D eigenvalue weighted by atomic mass is 35.5. The van der Waals surface area contributed by atoms with Crippen LogP contribution in [0.15, 0.2) is 97.1 Å². The van der Waals surface area contributed by atoms with E-state index in [1.807, 2.05) is 72.8 Å². The highest BCUT2D eigenvalue weighted by Crippen LogP contribution is 2.44. The molecule has 0 saturated heterocycles. The number of aliphatic carboxylic acids is 1. The van der Waals surface area contributed by atoms with E-state index in [0.717, 1.165) is 38.9 Å². The quantitative estimate of drug-likeness (QED) is 0.304. The van der Waals surface area contributed by atoms with Gasteiger partial charge in [-0.3, -0.25) is 0 Å². The van der Waals surface area contributed by atoms with Gasteiger partial charge in [0, 0.05) is 17.4 Å². The molecular formula is C30H24ClNO4. The molecule has 1 amide bonds. The first-order chi connectivity index (χ1) is 17.5. The minimum absolute atomic E-state index is 0.0999. The summed E-state index contributed by atoms with van der Waals surface area (Å²) in [5.41, 5.74) is 7.05. The highest BCUT2D eigenvalue weighted by molar-refractivity contribution is 6.30. The van der Waals surface area contributed by atoms with Crippen LogP contribution < -0.4 is 5.32 Å². The van der Waals surface area contributed by atoms with Crippen LogP contribution in [0.5, 0.6) is 0 Å². The van der Waals surface area contributed by atoms with Crippen molar-refractivity contribution in [1.29, 1.82) is 0 Å². The standard InChI is InChI=1S/C30H24ClNO4/c31-21-15-13-19(14-16-21)22-8-2-1-7-20(22)17-28(29(33)34)32-30(35)36-18-27-25-11-5-3-9-23(25)24-10-4-6-12-26(24)27/h1-16,27-28H,17-18H2,(H,32,35)(H,33,34)/t28-/m0/s1. The molecule has 6 heteroatoms. The third-order valence-electron chi connectivity index (χ3n) is 6.53. The van der Waals surface area contributed by atoms with Crippen LogP contribution in [-0.4, -0.2) is 29.8 Å². The number of benzene rings is 4. The molecule has 0 bridgehead atoms. The van der Waals surface area contributed by atoms with Crippen molar-refractivity contribution in [2.75, 3.05) is 6.61 Å². The maximum absolute atomic E-state index is 12.7. The first-order valence-electron chi connectivity index (χ1n) is 11.7. The summed E-state index contributed by atoms with van der Waals surface area (Å²) in [4.78, 5) is 24.7. The summed E-state index contributed by atoms with van der Waals surface area (Å²) in [6.45, 7) is 0.119. The molecule has 4 aromatic carbocycles. The summed E-state index contributed by atoms with van der Waals surface area (Å²) in [5, 5.41) is 13.0. The molecule has 0 aliphatic heterocycles. The largest absolute Gasteiger partial charge is 0.480 e. The van der Waals surface area contributed by atoms with Crippen LogP contribution in [-0.2, 0) is 16.0 Å². The summed E-state index contributed by atoms with van der Waals surface area (Å²) in [6.07, 6.45) is -0.647. The van der Waals surface area contributed by atoms with E-state index in [0.29, 0.717) is 5.02 Å². The van der Waals surface area contributed by atoms with Gasteiger partial charge in [-0.05, 0) is 51.1 Å². The fourth-order valence-corrected chi connectivity index (χ4v) is 4.94. The smallest absolute Gasteiger partial charge is 0.407 e. The van der Waals surface area contributed by atoms with Gasteiger partial charge in [0.2, 0.25) is 0 Å². The lowest BCUT2D eigenvalue weighted by molar-refractivity contribution is -0.139. The Labute approximate surface area is 214 Å². The fourth-order valence-electron chi connectivity index (χ4n) is 4.81. The van der Waals surface area contributed by atoms with E-state index < -0.39 is 18.1 Å². The van der Waals surface area contributed by atoms with E-state index >= 15 is 0 Å². The normalized spacial score (nSPS) is 12.9. The molecule has 0 aromatic heterocycles. The zero-order valence-electron chi connectivity index (χ0n) is 19.4. The number of halogens is 1. The van der Waals surface area contributed by atoms with Crippen LogP contribution >= 0.6 is 11.6 Å². The monoisotopic (exact) mass is 497 g/mol. The molecule has 0 saturated carbocycles. The molecule has 4 aromatic rings. The second kappa shape index (κ2) is 10.3. The number of carboxylic acid groups (broad SMARTS) is 1. The maximum Gasteiger partial charge on any atom is 0.407 e. The molecule has 1 atom stereocenters. The Kier molecular flexibility index (Phi) is 6.74. The Balaban J connectivity index is 1.29. The number of alkyl carbamates (subject to hydrolysis) is 1. The van der Waals surface area contributed by atoms with Gasteiger partial charge in [-0.1, -0.05) is 96.5 Å². The first kappa shape index (κ1) is 23.6. The van der Waals surface area contributed by atoms with Crippen LogP contribution in [0.25, 0.3) is 22.3 Å². The van der Waals surface area contributed by atoms with Gasteiger partial charge >= 0.3 is 12.1 Å². The number of carbonyl (C=O) groups excluding carboxylic acids is 1. The lowest BCUT2D eigenvalue weighted by atomic mass is 9.95. The maximum atomic E-state index is 12.7. The molecule has 0 spiro atoms. The van der Waals surface area contributed by atoms with Gasteiger partial charge in [-0.15, -0.1) is 0 Å². The molecule has 36 heavy (non-hydrogen) atoms. The number of nitrogens with one attached hydrogen (secondary N) is 1. The Morgan fingerprint density at radius 1 is 0.806 bits per heavy atom. The molecule has 0 heterocycles. The zero-order chi connectivity index (χ0) is 25.1. The molecule has 0 fully saturated rings. The topological polar surface area (TPSA) is 75.6 Å². The number of rotatable bonds is 7. The SMILES string of the molecule is O=C(N[C@@H](Cc1ccccc1-c1ccc(Cl)cc1)C(=O)O)OCC1c2ccccc2-c2ccccc21. The van der Waals surface area contributed by atoms with Crippen LogP contribution in [0.1, 0.15) is 22.6 Å². The number of carboxylic acids is 1. The van der Waals surface area contributed by atoms with E-state index in [4.69, 9.17) is 16.3 Å². The average molecular weight is 498 g/mol. The van der Waals surface area contributed by atoms with E-state index in [9.17, 15) is 14.7 Å². The van der Waals surface area contributed by atoms with E-state index in [-0.39, 0.29) is 18.9 Å². The number of hydrogen-bond donors (Lipinski definition) is 2. The van der Waals surface area contributed by atoms with Crippen molar-refractivity contribution in [1.82, 2.24) is 5.32 Å². The molecule has 1 aliphatic carbocycles. The lowest BCUT2D eigenvalue weighted by Gasteiger charge is -2.19. The number of amides is 1. The molecule has 5 rings (SSSR count). The first-order valence-corrected chi connectivity index (χ1v) is 12.1. The average Bonchev–Trinajstić information content (AvgIpc) is 3.21. The summed E-state index contributed by atoms with van der Waals surface area (Å²) in [7, 11) is 0. The minimum Gasteiger partial charge on any atom is -0.480 e. The molecular weight excluding hydrogens is 474 g/mol. The fraction of sp³-hybridized carbons (Fsp3) is 0.133. The minimum atomic E-state index is -1.14.